The third-order valence-corrected chi connectivity index (χ3v) is 4.24. The molecule has 0 amide bonds. The lowest BCUT2D eigenvalue weighted by atomic mass is 10.2. The van der Waals surface area contributed by atoms with Crippen LogP contribution in [0.5, 0.6) is 0 Å². The first kappa shape index (κ1) is 14.5. The summed E-state index contributed by atoms with van der Waals surface area (Å²) in [5, 5.41) is 9.92. The number of carboxylic acid groups (broad SMARTS) is 1. The molecule has 0 atom stereocenters. The Kier molecular flexibility index (Phi) is 4.39. The summed E-state index contributed by atoms with van der Waals surface area (Å²) in [5.74, 6) is -0.898. The highest BCUT2D eigenvalue weighted by Gasteiger charge is 2.15. The molecule has 5 heteroatoms. The lowest BCUT2D eigenvalue weighted by Gasteiger charge is -2.22. The molecule has 0 aliphatic carbocycles. The van der Waals surface area contributed by atoms with Crippen LogP contribution in [0, 0.1) is 13.8 Å². The molecule has 0 fully saturated rings. The van der Waals surface area contributed by atoms with Crippen LogP contribution in [0.3, 0.4) is 0 Å². The first-order chi connectivity index (χ1) is 9.51. The zero-order valence-corrected chi connectivity index (χ0v) is 12.7. The van der Waals surface area contributed by atoms with Crippen molar-refractivity contribution < 1.29 is 9.90 Å². The van der Waals surface area contributed by atoms with E-state index in [1.54, 1.807) is 6.92 Å². The average molecular weight is 290 g/mol. The van der Waals surface area contributed by atoms with Crippen LogP contribution in [0.1, 0.15) is 32.9 Å². The second-order valence-corrected chi connectivity index (χ2v) is 5.76. The Bertz CT molecular complexity index is 622. The van der Waals surface area contributed by atoms with E-state index in [4.69, 9.17) is 5.11 Å². The van der Waals surface area contributed by atoms with Crippen LogP contribution in [0.2, 0.25) is 0 Å². The number of aromatic carboxylic acids is 1. The molecule has 0 spiro atoms. The van der Waals surface area contributed by atoms with E-state index in [0.717, 1.165) is 17.2 Å². The van der Waals surface area contributed by atoms with Crippen LogP contribution < -0.4 is 4.90 Å². The molecule has 0 aliphatic rings. The Hall–Kier alpha value is -1.88. The number of hydrogen-bond acceptors (Lipinski definition) is 4. The highest BCUT2D eigenvalue weighted by atomic mass is 32.1. The van der Waals surface area contributed by atoms with Crippen molar-refractivity contribution in [1.82, 2.24) is 4.98 Å². The smallest absolute Gasteiger partial charge is 0.347 e. The molecular weight excluding hydrogens is 272 g/mol. The predicted molar refractivity (Wildman–Crippen MR) is 81.7 cm³/mol. The topological polar surface area (TPSA) is 53.4 Å². The first-order valence-electron chi connectivity index (χ1n) is 6.52. The predicted octanol–water partition coefficient (Wildman–Crippen LogP) is 3.48. The molecule has 0 radical (unpaired) electrons. The normalized spacial score (nSPS) is 10.6. The molecular formula is C15H18N2O2S. The van der Waals surface area contributed by atoms with Gasteiger partial charge in [-0.05, 0) is 38.5 Å². The molecule has 0 saturated carbocycles. The van der Waals surface area contributed by atoms with Gasteiger partial charge in [-0.1, -0.05) is 12.1 Å². The minimum absolute atomic E-state index is 0.334. The number of aryl methyl sites for hydroxylation is 2. The SMILES string of the molecule is CCN(Cc1nc(C)c(C(=O)O)s1)c1cccc(C)c1. The van der Waals surface area contributed by atoms with Gasteiger partial charge in [0.15, 0.2) is 0 Å². The van der Waals surface area contributed by atoms with E-state index in [2.05, 4.69) is 41.9 Å². The second kappa shape index (κ2) is 6.05. The van der Waals surface area contributed by atoms with E-state index >= 15 is 0 Å². The van der Waals surface area contributed by atoms with Gasteiger partial charge in [0.2, 0.25) is 0 Å². The van der Waals surface area contributed by atoms with Crippen molar-refractivity contribution in [3.8, 4) is 0 Å². The van der Waals surface area contributed by atoms with Gasteiger partial charge in [0.25, 0.3) is 0 Å². The van der Waals surface area contributed by atoms with Gasteiger partial charge in [-0.2, -0.15) is 0 Å². The number of anilines is 1. The number of carboxylic acids is 1. The van der Waals surface area contributed by atoms with Gasteiger partial charge < -0.3 is 10.0 Å². The van der Waals surface area contributed by atoms with Gasteiger partial charge in [0, 0.05) is 12.2 Å². The molecule has 1 heterocycles. The Balaban J connectivity index is 2.22. The van der Waals surface area contributed by atoms with Crippen LogP contribution >= 0.6 is 11.3 Å². The Labute approximate surface area is 122 Å². The van der Waals surface area contributed by atoms with Crippen molar-refractivity contribution in [3.63, 3.8) is 0 Å². The van der Waals surface area contributed by atoms with Crippen LogP contribution in [0.25, 0.3) is 0 Å². The lowest BCUT2D eigenvalue weighted by Crippen LogP contribution is -2.21. The van der Waals surface area contributed by atoms with Gasteiger partial charge in [-0.25, -0.2) is 9.78 Å². The molecule has 0 unspecified atom stereocenters. The van der Waals surface area contributed by atoms with Crippen LogP contribution in [-0.2, 0) is 6.54 Å². The molecule has 106 valence electrons. The fourth-order valence-electron chi connectivity index (χ4n) is 2.09. The van der Waals surface area contributed by atoms with Gasteiger partial charge in [0.1, 0.15) is 9.88 Å². The number of hydrogen-bond donors (Lipinski definition) is 1. The Morgan fingerprint density at radius 3 is 2.70 bits per heavy atom. The summed E-state index contributed by atoms with van der Waals surface area (Å²) < 4.78 is 0. The van der Waals surface area contributed by atoms with E-state index < -0.39 is 5.97 Å². The maximum Gasteiger partial charge on any atom is 0.347 e. The van der Waals surface area contributed by atoms with Crippen LogP contribution in [0.15, 0.2) is 24.3 Å². The van der Waals surface area contributed by atoms with E-state index in [1.165, 1.54) is 16.9 Å². The Morgan fingerprint density at radius 2 is 2.15 bits per heavy atom. The number of benzene rings is 1. The van der Waals surface area contributed by atoms with Gasteiger partial charge >= 0.3 is 5.97 Å². The third-order valence-electron chi connectivity index (χ3n) is 3.11. The summed E-state index contributed by atoms with van der Waals surface area (Å²) in [6, 6.07) is 8.29. The van der Waals surface area contributed by atoms with E-state index in [1.807, 2.05) is 6.07 Å². The summed E-state index contributed by atoms with van der Waals surface area (Å²) in [6.45, 7) is 7.38. The molecule has 0 saturated heterocycles. The fraction of sp³-hybridized carbons (Fsp3) is 0.333. The maximum absolute atomic E-state index is 11.1. The van der Waals surface area contributed by atoms with Crippen LogP contribution in [0.4, 0.5) is 5.69 Å². The summed E-state index contributed by atoms with van der Waals surface area (Å²) in [4.78, 5) is 18.0. The second-order valence-electron chi connectivity index (χ2n) is 4.68. The zero-order valence-electron chi connectivity index (χ0n) is 11.9. The monoisotopic (exact) mass is 290 g/mol. The van der Waals surface area contributed by atoms with E-state index in [-0.39, 0.29) is 0 Å². The van der Waals surface area contributed by atoms with Crippen LogP contribution in [-0.4, -0.2) is 22.6 Å². The van der Waals surface area contributed by atoms with Gasteiger partial charge in [-0.15, -0.1) is 11.3 Å². The molecule has 0 bridgehead atoms. The van der Waals surface area contributed by atoms with Crippen molar-refractivity contribution in [2.45, 2.75) is 27.3 Å². The van der Waals surface area contributed by atoms with Crippen molar-refractivity contribution in [2.24, 2.45) is 0 Å². The number of carbonyl (C=O) groups is 1. The summed E-state index contributed by atoms with van der Waals surface area (Å²) in [6.07, 6.45) is 0. The van der Waals surface area contributed by atoms with Crippen molar-refractivity contribution in [3.05, 3.63) is 45.4 Å². The molecule has 2 aromatic rings. The molecule has 1 aromatic carbocycles. The molecule has 20 heavy (non-hydrogen) atoms. The van der Waals surface area contributed by atoms with E-state index in [0.29, 0.717) is 17.1 Å². The van der Waals surface area contributed by atoms with Crippen molar-refractivity contribution >= 4 is 23.0 Å². The van der Waals surface area contributed by atoms with Gasteiger partial charge in [-0.3, -0.25) is 0 Å². The largest absolute Gasteiger partial charge is 0.477 e. The number of thiazole rings is 1. The number of rotatable bonds is 5. The third kappa shape index (κ3) is 3.17. The molecule has 2 rings (SSSR count). The molecule has 0 aliphatic heterocycles. The zero-order chi connectivity index (χ0) is 14.7. The highest BCUT2D eigenvalue weighted by Crippen LogP contribution is 2.23. The summed E-state index contributed by atoms with van der Waals surface area (Å²) in [5.41, 5.74) is 2.94. The maximum atomic E-state index is 11.1. The van der Waals surface area contributed by atoms with Crippen molar-refractivity contribution in [2.75, 3.05) is 11.4 Å². The minimum atomic E-state index is -0.898. The molecule has 1 aromatic heterocycles. The van der Waals surface area contributed by atoms with Gasteiger partial charge in [0.05, 0.1) is 12.2 Å². The fourth-order valence-corrected chi connectivity index (χ4v) is 3.01. The molecule has 1 N–H and O–H groups in total. The van der Waals surface area contributed by atoms with E-state index in [9.17, 15) is 4.79 Å². The summed E-state index contributed by atoms with van der Waals surface area (Å²) >= 11 is 1.26. The Morgan fingerprint density at radius 1 is 1.40 bits per heavy atom. The lowest BCUT2D eigenvalue weighted by molar-refractivity contribution is 0.0701. The number of aromatic nitrogens is 1. The average Bonchev–Trinajstić information content (AvgIpc) is 2.77. The minimum Gasteiger partial charge on any atom is -0.477 e. The summed E-state index contributed by atoms with van der Waals surface area (Å²) in [7, 11) is 0. The standard InChI is InChI=1S/C15H18N2O2S/c1-4-17(12-7-5-6-10(2)8-12)9-13-16-11(3)14(20-13)15(18)19/h5-8H,4,9H2,1-3H3,(H,18,19). The molecule has 4 nitrogen and oxygen atoms in total. The van der Waals surface area contributed by atoms with Crippen molar-refractivity contribution in [1.29, 1.82) is 0 Å². The first-order valence-corrected chi connectivity index (χ1v) is 7.34. The quantitative estimate of drug-likeness (QED) is 0.916. The number of nitrogens with zero attached hydrogens (tertiary/aromatic N) is 2. The highest BCUT2D eigenvalue weighted by molar-refractivity contribution is 7.13.